The van der Waals surface area contributed by atoms with Gasteiger partial charge in [0.15, 0.2) is 0 Å². The van der Waals surface area contributed by atoms with Gasteiger partial charge in [-0.2, -0.15) is 0 Å². The Morgan fingerprint density at radius 1 is 1.04 bits per heavy atom. The van der Waals surface area contributed by atoms with E-state index in [-0.39, 0.29) is 23.6 Å². The first-order valence-corrected chi connectivity index (χ1v) is 9.41. The van der Waals surface area contributed by atoms with E-state index in [0.29, 0.717) is 13.2 Å². The number of para-hydroxylation sites is 2. The summed E-state index contributed by atoms with van der Waals surface area (Å²) in [5.74, 6) is 0.553. The topological polar surface area (TPSA) is 65.3 Å². The summed E-state index contributed by atoms with van der Waals surface area (Å²) in [5.41, 5.74) is 2.70. The van der Waals surface area contributed by atoms with Crippen LogP contribution in [0.4, 0.5) is 0 Å². The Hall–Kier alpha value is -3.02. The van der Waals surface area contributed by atoms with Gasteiger partial charge in [-0.05, 0) is 35.2 Å². The second-order valence-corrected chi connectivity index (χ2v) is 7.89. The molecule has 0 radical (unpaired) electrons. The predicted molar refractivity (Wildman–Crippen MR) is 111 cm³/mol. The SMILES string of the molecule is Cn1c(=O)n(CC(=O)NCCOc2ccc(C(C)(C)C)cc2)c2ccccc21. The van der Waals surface area contributed by atoms with Gasteiger partial charge in [0.25, 0.3) is 0 Å². The smallest absolute Gasteiger partial charge is 0.329 e. The number of hydrogen-bond donors (Lipinski definition) is 1. The Bertz CT molecular complexity index is 1020. The van der Waals surface area contributed by atoms with Gasteiger partial charge in [-0.1, -0.05) is 45.0 Å². The Kier molecular flexibility index (Phi) is 5.58. The highest BCUT2D eigenvalue weighted by Crippen LogP contribution is 2.24. The molecule has 6 heteroatoms. The molecule has 1 amide bonds. The highest BCUT2D eigenvalue weighted by Gasteiger charge is 2.14. The molecule has 2 aromatic carbocycles. The van der Waals surface area contributed by atoms with E-state index < -0.39 is 0 Å². The minimum Gasteiger partial charge on any atom is -0.492 e. The van der Waals surface area contributed by atoms with Crippen LogP contribution in [0.3, 0.4) is 0 Å². The van der Waals surface area contributed by atoms with Crippen molar-refractivity contribution in [2.24, 2.45) is 7.05 Å². The van der Waals surface area contributed by atoms with Gasteiger partial charge in [-0.3, -0.25) is 13.9 Å². The molecule has 0 fully saturated rings. The molecule has 1 aromatic heterocycles. The van der Waals surface area contributed by atoms with E-state index >= 15 is 0 Å². The average molecular weight is 381 g/mol. The van der Waals surface area contributed by atoms with Crippen molar-refractivity contribution < 1.29 is 9.53 Å². The minimum absolute atomic E-state index is 0.0134. The lowest BCUT2D eigenvalue weighted by molar-refractivity contribution is -0.121. The van der Waals surface area contributed by atoms with Crippen LogP contribution < -0.4 is 15.7 Å². The van der Waals surface area contributed by atoms with Crippen LogP contribution in [0, 0.1) is 0 Å². The van der Waals surface area contributed by atoms with Crippen molar-refractivity contribution in [1.29, 1.82) is 0 Å². The number of amides is 1. The number of aromatic nitrogens is 2. The van der Waals surface area contributed by atoms with Crippen LogP contribution in [0.15, 0.2) is 53.3 Å². The quantitative estimate of drug-likeness (QED) is 0.668. The summed E-state index contributed by atoms with van der Waals surface area (Å²) in [6, 6.07) is 15.4. The van der Waals surface area contributed by atoms with E-state index in [1.54, 1.807) is 11.6 Å². The Balaban J connectivity index is 1.52. The average Bonchev–Trinajstić information content (AvgIpc) is 2.90. The lowest BCUT2D eigenvalue weighted by Gasteiger charge is -2.19. The molecule has 3 aromatic rings. The normalized spacial score (nSPS) is 11.6. The standard InChI is InChI=1S/C22H27N3O3/c1-22(2,3)16-9-11-17(12-10-16)28-14-13-23-20(26)15-25-19-8-6-5-7-18(19)24(4)21(25)27/h5-12H,13-15H2,1-4H3,(H,23,26). The third kappa shape index (κ3) is 4.27. The van der Waals surface area contributed by atoms with Crippen LogP contribution >= 0.6 is 0 Å². The van der Waals surface area contributed by atoms with Crippen LogP contribution in [0.5, 0.6) is 5.75 Å². The number of rotatable bonds is 6. The maximum atomic E-state index is 12.4. The third-order valence-electron chi connectivity index (χ3n) is 4.77. The molecule has 0 aliphatic rings. The van der Waals surface area contributed by atoms with Crippen LogP contribution in [0.25, 0.3) is 11.0 Å². The fourth-order valence-corrected chi connectivity index (χ4v) is 3.13. The highest BCUT2D eigenvalue weighted by atomic mass is 16.5. The number of benzene rings is 2. The Morgan fingerprint density at radius 2 is 1.68 bits per heavy atom. The lowest BCUT2D eigenvalue weighted by atomic mass is 9.87. The molecule has 1 N–H and O–H groups in total. The van der Waals surface area contributed by atoms with E-state index in [1.165, 1.54) is 10.1 Å². The summed E-state index contributed by atoms with van der Waals surface area (Å²) in [7, 11) is 1.71. The van der Waals surface area contributed by atoms with Crippen molar-refractivity contribution in [3.05, 3.63) is 64.6 Å². The molecule has 148 valence electrons. The lowest BCUT2D eigenvalue weighted by Crippen LogP contribution is -2.34. The van der Waals surface area contributed by atoms with Gasteiger partial charge in [0, 0.05) is 7.05 Å². The molecule has 6 nitrogen and oxygen atoms in total. The number of fused-ring (bicyclic) bond motifs is 1. The van der Waals surface area contributed by atoms with Crippen molar-refractivity contribution in [3.63, 3.8) is 0 Å². The summed E-state index contributed by atoms with van der Waals surface area (Å²) in [6.07, 6.45) is 0. The number of carbonyl (C=O) groups excluding carboxylic acids is 1. The summed E-state index contributed by atoms with van der Waals surface area (Å²) < 4.78 is 8.72. The molecular formula is C22H27N3O3. The van der Waals surface area contributed by atoms with Crippen molar-refractivity contribution in [1.82, 2.24) is 14.5 Å². The second-order valence-electron chi connectivity index (χ2n) is 7.89. The molecule has 0 spiro atoms. The molecule has 0 aliphatic carbocycles. The van der Waals surface area contributed by atoms with Gasteiger partial charge in [-0.25, -0.2) is 4.79 Å². The third-order valence-corrected chi connectivity index (χ3v) is 4.77. The molecule has 0 unspecified atom stereocenters. The maximum Gasteiger partial charge on any atom is 0.329 e. The Labute approximate surface area is 164 Å². The predicted octanol–water partition coefficient (Wildman–Crippen LogP) is 2.83. The second kappa shape index (κ2) is 7.92. The van der Waals surface area contributed by atoms with Gasteiger partial charge >= 0.3 is 5.69 Å². The zero-order valence-electron chi connectivity index (χ0n) is 16.9. The zero-order chi connectivity index (χ0) is 20.3. The Morgan fingerprint density at radius 3 is 2.32 bits per heavy atom. The molecular weight excluding hydrogens is 354 g/mol. The van der Waals surface area contributed by atoms with Gasteiger partial charge in [-0.15, -0.1) is 0 Å². The van der Waals surface area contributed by atoms with Crippen molar-refractivity contribution in [2.45, 2.75) is 32.7 Å². The van der Waals surface area contributed by atoms with E-state index in [2.05, 4.69) is 38.2 Å². The van der Waals surface area contributed by atoms with Gasteiger partial charge in [0.2, 0.25) is 5.91 Å². The number of ether oxygens (including phenoxy) is 1. The van der Waals surface area contributed by atoms with Crippen molar-refractivity contribution in [3.8, 4) is 5.75 Å². The molecule has 28 heavy (non-hydrogen) atoms. The van der Waals surface area contributed by atoms with Crippen molar-refractivity contribution in [2.75, 3.05) is 13.2 Å². The summed E-state index contributed by atoms with van der Waals surface area (Å²) in [5, 5.41) is 2.81. The first-order chi connectivity index (χ1) is 13.3. The first kappa shape index (κ1) is 19.7. The monoisotopic (exact) mass is 381 g/mol. The number of imidazole rings is 1. The first-order valence-electron chi connectivity index (χ1n) is 9.41. The summed E-state index contributed by atoms with van der Waals surface area (Å²) >= 11 is 0. The van der Waals surface area contributed by atoms with Crippen LogP contribution in [0.2, 0.25) is 0 Å². The van der Waals surface area contributed by atoms with Gasteiger partial charge in [0.05, 0.1) is 17.6 Å². The van der Waals surface area contributed by atoms with E-state index in [4.69, 9.17) is 4.74 Å². The molecule has 0 bridgehead atoms. The van der Waals surface area contributed by atoms with Crippen LogP contribution in [0.1, 0.15) is 26.3 Å². The number of aryl methyl sites for hydroxylation is 1. The summed E-state index contributed by atoms with van der Waals surface area (Å²) in [4.78, 5) is 24.6. The zero-order valence-corrected chi connectivity index (χ0v) is 16.9. The summed E-state index contributed by atoms with van der Waals surface area (Å²) in [6.45, 7) is 7.23. The molecule has 3 rings (SSSR count). The van der Waals surface area contributed by atoms with Gasteiger partial charge < -0.3 is 10.1 Å². The highest BCUT2D eigenvalue weighted by molar-refractivity contribution is 5.80. The minimum atomic E-state index is -0.217. The number of carbonyl (C=O) groups is 1. The largest absolute Gasteiger partial charge is 0.492 e. The van der Waals surface area contributed by atoms with E-state index in [0.717, 1.165) is 16.8 Å². The number of hydrogen-bond acceptors (Lipinski definition) is 3. The van der Waals surface area contributed by atoms with Crippen LogP contribution in [-0.4, -0.2) is 28.2 Å². The van der Waals surface area contributed by atoms with E-state index in [9.17, 15) is 9.59 Å². The molecule has 0 saturated heterocycles. The fourth-order valence-electron chi connectivity index (χ4n) is 3.13. The molecule has 0 saturated carbocycles. The molecule has 0 atom stereocenters. The van der Waals surface area contributed by atoms with Gasteiger partial charge in [0.1, 0.15) is 18.9 Å². The maximum absolute atomic E-state index is 12.4. The van der Waals surface area contributed by atoms with E-state index in [1.807, 2.05) is 36.4 Å². The van der Waals surface area contributed by atoms with Crippen molar-refractivity contribution >= 4 is 16.9 Å². The van der Waals surface area contributed by atoms with Crippen LogP contribution in [-0.2, 0) is 23.8 Å². The number of nitrogens with zero attached hydrogens (tertiary/aromatic N) is 2. The fraction of sp³-hybridized carbons (Fsp3) is 0.364. The molecule has 0 aliphatic heterocycles. The molecule has 1 heterocycles. The number of nitrogens with one attached hydrogen (secondary N) is 1.